The second-order valence-corrected chi connectivity index (χ2v) is 3.61. The fourth-order valence-corrected chi connectivity index (χ4v) is 1.42. The van der Waals surface area contributed by atoms with Crippen molar-refractivity contribution >= 4 is 0 Å². The van der Waals surface area contributed by atoms with Gasteiger partial charge in [-0.2, -0.15) is 0 Å². The van der Waals surface area contributed by atoms with Crippen LogP contribution < -0.4 is 5.32 Å². The Bertz CT molecular complexity index is 314. The van der Waals surface area contributed by atoms with Crippen molar-refractivity contribution in [3.8, 4) is 0 Å². The first-order valence-corrected chi connectivity index (χ1v) is 5.56. The Kier molecular flexibility index (Phi) is 6.69. The molecule has 2 N–H and O–H groups in total. The lowest BCUT2D eigenvalue weighted by Crippen LogP contribution is -2.22. The van der Waals surface area contributed by atoms with Crippen LogP contribution in [0.15, 0.2) is 18.2 Å². The summed E-state index contributed by atoms with van der Waals surface area (Å²) >= 11 is 0. The Morgan fingerprint density at radius 1 is 1.06 bits per heavy atom. The summed E-state index contributed by atoms with van der Waals surface area (Å²) in [6, 6.07) is 3.51. The van der Waals surface area contributed by atoms with Crippen molar-refractivity contribution in [1.82, 2.24) is 5.32 Å². The molecule has 0 aliphatic rings. The summed E-state index contributed by atoms with van der Waals surface area (Å²) in [5.74, 6) is -1.10. The van der Waals surface area contributed by atoms with E-state index in [0.717, 1.165) is 6.07 Å². The third-order valence-electron chi connectivity index (χ3n) is 2.17. The van der Waals surface area contributed by atoms with Crippen LogP contribution >= 0.6 is 0 Å². The van der Waals surface area contributed by atoms with E-state index in [0.29, 0.717) is 38.3 Å². The standard InChI is InChI=1S/C12H17F2NO2/c13-11-7-10(8-12(14)9-11)1-2-15-3-5-17-6-4-16/h7-9,15-16H,1-6H2. The number of hydrogen-bond acceptors (Lipinski definition) is 3. The molecule has 0 aliphatic carbocycles. The number of aliphatic hydroxyl groups is 1. The van der Waals surface area contributed by atoms with Gasteiger partial charge < -0.3 is 15.2 Å². The van der Waals surface area contributed by atoms with E-state index >= 15 is 0 Å². The van der Waals surface area contributed by atoms with E-state index in [1.54, 1.807) is 0 Å². The molecule has 1 rings (SSSR count). The highest BCUT2D eigenvalue weighted by molar-refractivity contribution is 5.18. The number of halogens is 2. The van der Waals surface area contributed by atoms with Gasteiger partial charge in [0, 0.05) is 12.6 Å². The zero-order valence-electron chi connectivity index (χ0n) is 9.59. The van der Waals surface area contributed by atoms with Gasteiger partial charge in [-0.3, -0.25) is 0 Å². The summed E-state index contributed by atoms with van der Waals surface area (Å²) in [6.45, 7) is 2.14. The van der Waals surface area contributed by atoms with Crippen molar-refractivity contribution in [2.24, 2.45) is 0 Å². The van der Waals surface area contributed by atoms with Gasteiger partial charge in [0.25, 0.3) is 0 Å². The minimum absolute atomic E-state index is 0.0164. The molecule has 0 saturated carbocycles. The van der Waals surface area contributed by atoms with Gasteiger partial charge >= 0.3 is 0 Å². The lowest BCUT2D eigenvalue weighted by atomic mass is 10.1. The molecular formula is C12H17F2NO2. The van der Waals surface area contributed by atoms with Gasteiger partial charge in [-0.1, -0.05) is 0 Å². The van der Waals surface area contributed by atoms with Crippen LogP contribution in [0.2, 0.25) is 0 Å². The Balaban J connectivity index is 2.13. The average Bonchev–Trinajstić information content (AvgIpc) is 2.26. The van der Waals surface area contributed by atoms with Crippen LogP contribution in [-0.2, 0) is 11.2 Å². The van der Waals surface area contributed by atoms with Crippen LogP contribution in [0.1, 0.15) is 5.56 Å². The first-order chi connectivity index (χ1) is 8.22. The number of rotatable bonds is 8. The molecule has 0 atom stereocenters. The predicted molar refractivity (Wildman–Crippen MR) is 60.8 cm³/mol. The van der Waals surface area contributed by atoms with Gasteiger partial charge in [0.2, 0.25) is 0 Å². The highest BCUT2D eigenvalue weighted by atomic mass is 19.1. The molecule has 1 aromatic carbocycles. The molecule has 0 aromatic heterocycles. The maximum Gasteiger partial charge on any atom is 0.126 e. The average molecular weight is 245 g/mol. The van der Waals surface area contributed by atoms with E-state index < -0.39 is 11.6 Å². The predicted octanol–water partition coefficient (Wildman–Crippen LogP) is 1.11. The van der Waals surface area contributed by atoms with E-state index in [2.05, 4.69) is 5.32 Å². The SMILES string of the molecule is OCCOCCNCCc1cc(F)cc(F)c1. The zero-order valence-corrected chi connectivity index (χ0v) is 9.59. The molecule has 0 radical (unpaired) electrons. The minimum atomic E-state index is -0.550. The highest BCUT2D eigenvalue weighted by Gasteiger charge is 2.00. The van der Waals surface area contributed by atoms with E-state index in [4.69, 9.17) is 9.84 Å². The topological polar surface area (TPSA) is 41.5 Å². The van der Waals surface area contributed by atoms with Crippen LogP contribution in [0.4, 0.5) is 8.78 Å². The lowest BCUT2D eigenvalue weighted by Gasteiger charge is -2.05. The van der Waals surface area contributed by atoms with Crippen LogP contribution in [0, 0.1) is 11.6 Å². The smallest absolute Gasteiger partial charge is 0.126 e. The summed E-state index contributed by atoms with van der Waals surface area (Å²) in [6.07, 6.45) is 0.564. The normalized spacial score (nSPS) is 10.8. The molecular weight excluding hydrogens is 228 g/mol. The van der Waals surface area contributed by atoms with Crippen LogP contribution in [0.25, 0.3) is 0 Å². The maximum atomic E-state index is 12.8. The first-order valence-electron chi connectivity index (χ1n) is 5.56. The molecule has 96 valence electrons. The lowest BCUT2D eigenvalue weighted by molar-refractivity contribution is 0.0940. The molecule has 0 amide bonds. The van der Waals surface area contributed by atoms with Crippen LogP contribution in [0.3, 0.4) is 0 Å². The number of ether oxygens (including phenoxy) is 1. The van der Waals surface area contributed by atoms with E-state index in [9.17, 15) is 8.78 Å². The van der Waals surface area contributed by atoms with Gasteiger partial charge in [-0.05, 0) is 30.7 Å². The van der Waals surface area contributed by atoms with Crippen LogP contribution in [0.5, 0.6) is 0 Å². The summed E-state index contributed by atoms with van der Waals surface area (Å²) in [7, 11) is 0. The van der Waals surface area contributed by atoms with Crippen molar-refractivity contribution in [3.05, 3.63) is 35.4 Å². The van der Waals surface area contributed by atoms with E-state index in [1.165, 1.54) is 12.1 Å². The third-order valence-corrected chi connectivity index (χ3v) is 2.17. The fraction of sp³-hybridized carbons (Fsp3) is 0.500. The molecule has 1 aromatic rings. The molecule has 0 fully saturated rings. The molecule has 0 heterocycles. The number of benzene rings is 1. The van der Waals surface area contributed by atoms with Gasteiger partial charge in [0.05, 0.1) is 19.8 Å². The molecule has 0 unspecified atom stereocenters. The Hall–Kier alpha value is -1.04. The Labute approximate surface area is 99.4 Å². The Morgan fingerprint density at radius 3 is 2.41 bits per heavy atom. The molecule has 0 saturated heterocycles. The van der Waals surface area contributed by atoms with Gasteiger partial charge in [-0.25, -0.2) is 8.78 Å². The molecule has 3 nitrogen and oxygen atoms in total. The highest BCUT2D eigenvalue weighted by Crippen LogP contribution is 2.07. The molecule has 17 heavy (non-hydrogen) atoms. The maximum absolute atomic E-state index is 12.8. The van der Waals surface area contributed by atoms with Crippen molar-refractivity contribution in [3.63, 3.8) is 0 Å². The fourth-order valence-electron chi connectivity index (χ4n) is 1.42. The van der Waals surface area contributed by atoms with Crippen molar-refractivity contribution in [2.45, 2.75) is 6.42 Å². The van der Waals surface area contributed by atoms with Gasteiger partial charge in [0.1, 0.15) is 11.6 Å². The number of aliphatic hydroxyl groups excluding tert-OH is 1. The summed E-state index contributed by atoms with van der Waals surface area (Å²) in [4.78, 5) is 0. The molecule has 5 heteroatoms. The summed E-state index contributed by atoms with van der Waals surface area (Å²) < 4.78 is 30.7. The van der Waals surface area contributed by atoms with Crippen molar-refractivity contribution in [1.29, 1.82) is 0 Å². The van der Waals surface area contributed by atoms with Crippen LogP contribution in [-0.4, -0.2) is 38.0 Å². The van der Waals surface area contributed by atoms with E-state index in [-0.39, 0.29) is 6.61 Å². The Morgan fingerprint density at radius 2 is 1.76 bits per heavy atom. The summed E-state index contributed by atoms with van der Waals surface area (Å²) in [5.41, 5.74) is 0.631. The molecule has 0 spiro atoms. The second kappa shape index (κ2) is 8.11. The molecule has 0 bridgehead atoms. The zero-order chi connectivity index (χ0) is 12.5. The number of nitrogens with one attached hydrogen (secondary N) is 1. The van der Waals surface area contributed by atoms with E-state index in [1.807, 2.05) is 0 Å². The second-order valence-electron chi connectivity index (χ2n) is 3.61. The van der Waals surface area contributed by atoms with Crippen molar-refractivity contribution < 1.29 is 18.6 Å². The largest absolute Gasteiger partial charge is 0.394 e. The van der Waals surface area contributed by atoms with Gasteiger partial charge in [-0.15, -0.1) is 0 Å². The summed E-state index contributed by atoms with van der Waals surface area (Å²) in [5, 5.41) is 11.5. The van der Waals surface area contributed by atoms with Crippen molar-refractivity contribution in [2.75, 3.05) is 32.9 Å². The monoisotopic (exact) mass is 245 g/mol. The van der Waals surface area contributed by atoms with Gasteiger partial charge in [0.15, 0.2) is 0 Å². The third kappa shape index (κ3) is 6.31. The number of hydrogen-bond donors (Lipinski definition) is 2. The first kappa shape index (κ1) is 14.0. The quantitative estimate of drug-likeness (QED) is 0.674. The minimum Gasteiger partial charge on any atom is -0.394 e. The molecule has 0 aliphatic heterocycles.